The van der Waals surface area contributed by atoms with Gasteiger partial charge in [-0.05, 0) is 13.8 Å². The summed E-state index contributed by atoms with van der Waals surface area (Å²) in [5.74, 6) is -10.3. The van der Waals surface area contributed by atoms with Crippen LogP contribution in [0.25, 0.3) is 0 Å². The molecule has 4 atom stereocenters. The number of alkyl halides is 9. The first kappa shape index (κ1) is 21.1. The zero-order chi connectivity index (χ0) is 18.1. The fraction of sp³-hybridized carbons (Fsp3) is 1.00. The highest BCUT2D eigenvalue weighted by Gasteiger charge is 2.61. The second-order valence-electron chi connectivity index (χ2n) is 4.27. The molecule has 0 bridgehead atoms. The maximum Gasteiger partial charge on any atom is 0.425 e. The molecule has 0 radical (unpaired) electrons. The van der Waals surface area contributed by atoms with Crippen LogP contribution >= 0.6 is 0 Å². The third kappa shape index (κ3) is 4.57. The van der Waals surface area contributed by atoms with E-state index < -0.39 is 48.0 Å². The van der Waals surface area contributed by atoms with Gasteiger partial charge in [-0.15, -0.1) is 0 Å². The van der Waals surface area contributed by atoms with E-state index in [2.05, 4.69) is 4.74 Å². The van der Waals surface area contributed by atoms with Crippen molar-refractivity contribution in [2.24, 2.45) is 0 Å². The fourth-order valence-corrected chi connectivity index (χ4v) is 1.24. The van der Waals surface area contributed by atoms with Crippen molar-refractivity contribution in [1.29, 1.82) is 0 Å². The van der Waals surface area contributed by atoms with Crippen LogP contribution in [0, 0.1) is 0 Å². The number of ether oxygens (including phenoxy) is 1. The molecule has 2 nitrogen and oxygen atoms in total. The summed E-state index contributed by atoms with van der Waals surface area (Å²) in [4.78, 5) is 0. The van der Waals surface area contributed by atoms with E-state index in [0.717, 1.165) is 0 Å². The van der Waals surface area contributed by atoms with Gasteiger partial charge in [0.1, 0.15) is 12.2 Å². The van der Waals surface area contributed by atoms with E-state index >= 15 is 0 Å². The standard InChI is InChI=1S/C9H10F11NO/c1-3(7(12,13)5(10)9(16,17)18)22-4(2)8(14,15)6(11)21(19)20/h3-6H,1-2H3. The molecule has 0 saturated heterocycles. The van der Waals surface area contributed by atoms with Gasteiger partial charge in [-0.2, -0.15) is 22.0 Å². The average Bonchev–Trinajstić information content (AvgIpc) is 2.34. The van der Waals surface area contributed by atoms with Crippen LogP contribution in [0.2, 0.25) is 0 Å². The van der Waals surface area contributed by atoms with Crippen molar-refractivity contribution in [3.05, 3.63) is 0 Å². The van der Waals surface area contributed by atoms with Crippen molar-refractivity contribution in [1.82, 2.24) is 5.34 Å². The van der Waals surface area contributed by atoms with Crippen LogP contribution in [0.15, 0.2) is 0 Å². The molecule has 0 spiro atoms. The highest BCUT2D eigenvalue weighted by Crippen LogP contribution is 2.40. The molecule has 0 fully saturated rings. The van der Waals surface area contributed by atoms with Crippen molar-refractivity contribution < 1.29 is 53.2 Å². The van der Waals surface area contributed by atoms with E-state index in [4.69, 9.17) is 0 Å². The maximum atomic E-state index is 13.1. The molecular formula is C9H10F11NO. The summed E-state index contributed by atoms with van der Waals surface area (Å²) in [5.41, 5.74) is 0. The molecule has 0 aliphatic carbocycles. The number of hydrogen-bond acceptors (Lipinski definition) is 2. The molecule has 13 heteroatoms. The lowest BCUT2D eigenvalue weighted by atomic mass is 10.1. The van der Waals surface area contributed by atoms with Crippen molar-refractivity contribution in [3.63, 3.8) is 0 Å². The lowest BCUT2D eigenvalue weighted by Crippen LogP contribution is -2.53. The van der Waals surface area contributed by atoms with Gasteiger partial charge in [-0.25, -0.2) is 17.6 Å². The summed E-state index contributed by atoms with van der Waals surface area (Å²) in [5, 5.41) is -2.57. The summed E-state index contributed by atoms with van der Waals surface area (Å²) in [7, 11) is 0. The van der Waals surface area contributed by atoms with Crippen molar-refractivity contribution in [2.45, 2.75) is 56.5 Å². The Morgan fingerprint density at radius 1 is 0.773 bits per heavy atom. The lowest BCUT2D eigenvalue weighted by molar-refractivity contribution is -0.322. The summed E-state index contributed by atoms with van der Waals surface area (Å²) >= 11 is 0. The van der Waals surface area contributed by atoms with E-state index in [0.29, 0.717) is 0 Å². The fourth-order valence-electron chi connectivity index (χ4n) is 1.24. The van der Waals surface area contributed by atoms with Gasteiger partial charge in [0.2, 0.25) is 0 Å². The van der Waals surface area contributed by atoms with Crippen LogP contribution in [-0.2, 0) is 4.74 Å². The van der Waals surface area contributed by atoms with Crippen LogP contribution in [0.4, 0.5) is 48.5 Å². The number of rotatable bonds is 7. The molecule has 0 aliphatic rings. The van der Waals surface area contributed by atoms with Crippen molar-refractivity contribution >= 4 is 0 Å². The Hall–Kier alpha value is -0.850. The topological polar surface area (TPSA) is 12.5 Å². The average molecular weight is 357 g/mol. The molecule has 0 heterocycles. The molecule has 4 unspecified atom stereocenters. The smallest absolute Gasteiger partial charge is 0.363 e. The molecule has 134 valence electrons. The highest BCUT2D eigenvalue weighted by molar-refractivity contribution is 4.90. The van der Waals surface area contributed by atoms with E-state index in [1.807, 2.05) is 0 Å². The lowest BCUT2D eigenvalue weighted by Gasteiger charge is -2.33. The molecule has 0 amide bonds. The first-order valence-electron chi connectivity index (χ1n) is 5.43. The molecule has 0 aromatic heterocycles. The predicted octanol–water partition coefficient (Wildman–Crippen LogP) is 4.32. The summed E-state index contributed by atoms with van der Waals surface area (Å²) in [6.45, 7) is 0.282. The molecule has 0 aromatic carbocycles. The summed E-state index contributed by atoms with van der Waals surface area (Å²) in [6, 6.07) is 0. The highest BCUT2D eigenvalue weighted by atomic mass is 19.4. The number of hydrogen-bond donors (Lipinski definition) is 0. The van der Waals surface area contributed by atoms with Crippen molar-refractivity contribution in [2.75, 3.05) is 0 Å². The third-order valence-corrected chi connectivity index (χ3v) is 2.61. The maximum absolute atomic E-state index is 13.1. The minimum absolute atomic E-state index is 0.112. The molecule has 0 aromatic rings. The molecule has 0 saturated carbocycles. The largest absolute Gasteiger partial charge is 0.425 e. The van der Waals surface area contributed by atoms with Gasteiger partial charge in [0.25, 0.3) is 12.5 Å². The minimum Gasteiger partial charge on any atom is -0.363 e. The van der Waals surface area contributed by atoms with Gasteiger partial charge < -0.3 is 4.74 Å². The van der Waals surface area contributed by atoms with Crippen LogP contribution in [0.5, 0.6) is 0 Å². The van der Waals surface area contributed by atoms with Crippen LogP contribution in [-0.4, -0.2) is 48.0 Å². The second kappa shape index (κ2) is 6.72. The van der Waals surface area contributed by atoms with Gasteiger partial charge in [0.15, 0.2) is 0 Å². The number of halogens is 11. The predicted molar refractivity (Wildman–Crippen MR) is 49.8 cm³/mol. The van der Waals surface area contributed by atoms with E-state index in [1.165, 1.54) is 0 Å². The van der Waals surface area contributed by atoms with Gasteiger partial charge in [-0.3, -0.25) is 0 Å². The zero-order valence-electron chi connectivity index (χ0n) is 10.8. The molecule has 22 heavy (non-hydrogen) atoms. The Labute approximate surface area is 116 Å². The Kier molecular flexibility index (Phi) is 6.46. The zero-order valence-corrected chi connectivity index (χ0v) is 10.8. The summed E-state index contributed by atoms with van der Waals surface area (Å²) in [6.07, 6.45) is -21.1. The molecular weight excluding hydrogens is 347 g/mol. The Balaban J connectivity index is 5.08. The first-order valence-corrected chi connectivity index (χ1v) is 5.43. The SMILES string of the molecule is CC(OC(C)C(F)(F)C(F)C(F)(F)F)C(F)(F)C(F)N(F)F. The Morgan fingerprint density at radius 2 is 1.14 bits per heavy atom. The monoisotopic (exact) mass is 357 g/mol. The first-order chi connectivity index (χ1) is 9.56. The minimum atomic E-state index is -6.01. The van der Waals surface area contributed by atoms with Crippen LogP contribution in [0.3, 0.4) is 0 Å². The summed E-state index contributed by atoms with van der Waals surface area (Å²) < 4.78 is 140. The Morgan fingerprint density at radius 3 is 1.45 bits per heavy atom. The Bertz CT molecular complexity index is 358. The molecule has 0 aliphatic heterocycles. The second-order valence-corrected chi connectivity index (χ2v) is 4.27. The number of nitrogens with zero attached hydrogens (tertiary/aromatic N) is 1. The van der Waals surface area contributed by atoms with Crippen LogP contribution in [0.1, 0.15) is 13.8 Å². The van der Waals surface area contributed by atoms with Crippen molar-refractivity contribution in [3.8, 4) is 0 Å². The quantitative estimate of drug-likeness (QED) is 0.382. The van der Waals surface area contributed by atoms with Crippen LogP contribution < -0.4 is 0 Å². The normalized spacial score (nSPS) is 19.9. The van der Waals surface area contributed by atoms with Gasteiger partial charge in [0, 0.05) is 0 Å². The third-order valence-electron chi connectivity index (χ3n) is 2.61. The van der Waals surface area contributed by atoms with E-state index in [-0.39, 0.29) is 13.8 Å². The van der Waals surface area contributed by atoms with Gasteiger partial charge in [-0.1, -0.05) is 8.96 Å². The van der Waals surface area contributed by atoms with Gasteiger partial charge >= 0.3 is 18.0 Å². The van der Waals surface area contributed by atoms with Gasteiger partial charge in [0.05, 0.1) is 5.34 Å². The van der Waals surface area contributed by atoms with E-state index in [9.17, 15) is 48.5 Å². The molecule has 0 N–H and O–H groups in total. The molecule has 0 rings (SSSR count). The van der Waals surface area contributed by atoms with E-state index in [1.54, 1.807) is 0 Å².